The van der Waals surface area contributed by atoms with Crippen LogP contribution in [-0.4, -0.2) is 23.0 Å². The molecule has 0 atom stereocenters. The molecule has 1 N–H and O–H groups in total. The van der Waals surface area contributed by atoms with Gasteiger partial charge in [0.1, 0.15) is 6.61 Å². The van der Waals surface area contributed by atoms with Crippen LogP contribution < -0.4 is 0 Å². The molecule has 3 heteroatoms. The molecule has 0 fully saturated rings. The molecule has 0 saturated carbocycles. The van der Waals surface area contributed by atoms with Crippen molar-refractivity contribution >= 4 is 6.02 Å². The van der Waals surface area contributed by atoms with E-state index in [1.807, 2.05) is 35.2 Å². The zero-order chi connectivity index (χ0) is 12.8. The van der Waals surface area contributed by atoms with Crippen LogP contribution in [0.1, 0.15) is 33.3 Å². The fraction of sp³-hybridized carbons (Fsp3) is 0.500. The van der Waals surface area contributed by atoms with Crippen LogP contribution in [-0.2, 0) is 11.3 Å². The van der Waals surface area contributed by atoms with Crippen molar-refractivity contribution in [3.8, 4) is 0 Å². The number of ether oxygens (including phenoxy) is 1. The number of nitrogens with zero attached hydrogens (tertiary/aromatic N) is 1. The quantitative estimate of drug-likeness (QED) is 0.641. The minimum absolute atomic E-state index is 0.249. The van der Waals surface area contributed by atoms with Crippen LogP contribution in [0.25, 0.3) is 0 Å². The predicted octanol–water partition coefficient (Wildman–Crippen LogP) is 3.26. The molecule has 0 unspecified atom stereocenters. The first-order chi connectivity index (χ1) is 8.02. The Kier molecular flexibility index (Phi) is 5.01. The highest BCUT2D eigenvalue weighted by Gasteiger charge is 2.18. The number of hydrogen-bond donors (Lipinski definition) is 1. The molecule has 0 aliphatic heterocycles. The van der Waals surface area contributed by atoms with Gasteiger partial charge in [0.05, 0.1) is 0 Å². The Morgan fingerprint density at radius 2 is 1.65 bits per heavy atom. The number of rotatable bonds is 4. The van der Waals surface area contributed by atoms with Crippen molar-refractivity contribution in [3.63, 3.8) is 0 Å². The Labute approximate surface area is 104 Å². The molecule has 0 aliphatic rings. The maximum atomic E-state index is 7.96. The summed E-state index contributed by atoms with van der Waals surface area (Å²) < 4.78 is 5.52. The van der Waals surface area contributed by atoms with Crippen molar-refractivity contribution in [2.24, 2.45) is 0 Å². The topological polar surface area (TPSA) is 36.3 Å². The molecular weight excluding hydrogens is 212 g/mol. The summed E-state index contributed by atoms with van der Waals surface area (Å²) in [6, 6.07) is 10.7. The third kappa shape index (κ3) is 4.10. The van der Waals surface area contributed by atoms with Crippen molar-refractivity contribution in [1.29, 1.82) is 5.41 Å². The minimum atomic E-state index is 0.249. The number of amidine groups is 1. The Morgan fingerprint density at radius 1 is 1.12 bits per heavy atom. The number of hydrogen-bond acceptors (Lipinski definition) is 2. The molecule has 0 spiro atoms. The average molecular weight is 234 g/mol. The second-order valence-corrected chi connectivity index (χ2v) is 4.67. The van der Waals surface area contributed by atoms with E-state index < -0.39 is 0 Å². The monoisotopic (exact) mass is 234 g/mol. The molecule has 0 heterocycles. The average Bonchev–Trinajstić information content (AvgIpc) is 2.27. The van der Waals surface area contributed by atoms with E-state index in [9.17, 15) is 0 Å². The first-order valence-corrected chi connectivity index (χ1v) is 6.06. The summed E-state index contributed by atoms with van der Waals surface area (Å²) in [6.07, 6.45) is 0. The van der Waals surface area contributed by atoms with Crippen LogP contribution in [0.15, 0.2) is 30.3 Å². The molecule has 94 valence electrons. The largest absolute Gasteiger partial charge is 0.460 e. The molecule has 0 aliphatic carbocycles. The number of nitrogens with one attached hydrogen (secondary N) is 1. The summed E-state index contributed by atoms with van der Waals surface area (Å²) in [7, 11) is 0. The van der Waals surface area contributed by atoms with Gasteiger partial charge in [0.25, 0.3) is 6.02 Å². The molecule has 0 saturated heterocycles. The van der Waals surface area contributed by atoms with Crippen LogP contribution in [0.5, 0.6) is 0 Å². The Morgan fingerprint density at radius 3 is 2.12 bits per heavy atom. The smallest absolute Gasteiger partial charge is 0.285 e. The van der Waals surface area contributed by atoms with Crippen molar-refractivity contribution in [2.75, 3.05) is 0 Å². The molecule has 0 radical (unpaired) electrons. The minimum Gasteiger partial charge on any atom is -0.460 e. The molecule has 17 heavy (non-hydrogen) atoms. The summed E-state index contributed by atoms with van der Waals surface area (Å²) in [5, 5.41) is 7.96. The lowest BCUT2D eigenvalue weighted by Crippen LogP contribution is -2.42. The van der Waals surface area contributed by atoms with Crippen LogP contribution in [0.3, 0.4) is 0 Å². The van der Waals surface area contributed by atoms with Crippen LogP contribution in [0.4, 0.5) is 0 Å². The highest BCUT2D eigenvalue weighted by atomic mass is 16.5. The van der Waals surface area contributed by atoms with Crippen LogP contribution >= 0.6 is 0 Å². The normalized spacial score (nSPS) is 10.7. The first kappa shape index (κ1) is 13.6. The summed E-state index contributed by atoms with van der Waals surface area (Å²) in [5.41, 5.74) is 1.09. The molecular formula is C14H22N2O. The van der Waals surface area contributed by atoms with Gasteiger partial charge in [0.2, 0.25) is 0 Å². The van der Waals surface area contributed by atoms with Crippen molar-refractivity contribution in [3.05, 3.63) is 35.9 Å². The summed E-state index contributed by atoms with van der Waals surface area (Å²) in [5.74, 6) is 0. The SMILES string of the molecule is CC(C)N(C(=N)OCc1ccccc1)C(C)C. The molecule has 1 rings (SSSR count). The second kappa shape index (κ2) is 6.28. The lowest BCUT2D eigenvalue weighted by molar-refractivity contribution is 0.174. The van der Waals surface area contributed by atoms with E-state index in [0.717, 1.165) is 5.56 Å². The van der Waals surface area contributed by atoms with Crippen molar-refractivity contribution in [1.82, 2.24) is 4.90 Å². The van der Waals surface area contributed by atoms with Gasteiger partial charge in [-0.05, 0) is 33.3 Å². The molecule has 0 bridgehead atoms. The van der Waals surface area contributed by atoms with E-state index in [1.165, 1.54) is 0 Å². The fourth-order valence-electron chi connectivity index (χ4n) is 1.87. The van der Waals surface area contributed by atoms with E-state index in [0.29, 0.717) is 6.61 Å². The lowest BCUT2D eigenvalue weighted by atomic mass is 10.2. The second-order valence-electron chi connectivity index (χ2n) is 4.67. The van der Waals surface area contributed by atoms with Gasteiger partial charge in [0.15, 0.2) is 0 Å². The lowest BCUT2D eigenvalue weighted by Gasteiger charge is -2.32. The maximum Gasteiger partial charge on any atom is 0.285 e. The van der Waals surface area contributed by atoms with Gasteiger partial charge < -0.3 is 9.64 Å². The van der Waals surface area contributed by atoms with E-state index in [4.69, 9.17) is 10.1 Å². The van der Waals surface area contributed by atoms with Crippen molar-refractivity contribution < 1.29 is 4.74 Å². The zero-order valence-electron chi connectivity index (χ0n) is 11.1. The summed E-state index contributed by atoms with van der Waals surface area (Å²) in [6.45, 7) is 8.73. The third-order valence-electron chi connectivity index (χ3n) is 2.57. The standard InChI is InChI=1S/C14H22N2O/c1-11(2)16(12(3)4)14(15)17-10-13-8-6-5-7-9-13/h5-9,11-12,15H,10H2,1-4H3. The number of benzene rings is 1. The fourth-order valence-corrected chi connectivity index (χ4v) is 1.87. The molecule has 1 aromatic carbocycles. The Balaban J connectivity index is 2.54. The zero-order valence-corrected chi connectivity index (χ0v) is 11.1. The van der Waals surface area contributed by atoms with Gasteiger partial charge in [-0.25, -0.2) is 0 Å². The third-order valence-corrected chi connectivity index (χ3v) is 2.57. The van der Waals surface area contributed by atoms with Gasteiger partial charge in [-0.15, -0.1) is 0 Å². The van der Waals surface area contributed by atoms with E-state index >= 15 is 0 Å². The van der Waals surface area contributed by atoms with Crippen LogP contribution in [0.2, 0.25) is 0 Å². The summed E-state index contributed by atoms with van der Waals surface area (Å²) in [4.78, 5) is 1.96. The molecule has 3 nitrogen and oxygen atoms in total. The molecule has 0 aromatic heterocycles. The van der Waals surface area contributed by atoms with E-state index in [1.54, 1.807) is 0 Å². The van der Waals surface area contributed by atoms with E-state index in [2.05, 4.69) is 27.7 Å². The Hall–Kier alpha value is -1.51. The van der Waals surface area contributed by atoms with Gasteiger partial charge in [-0.1, -0.05) is 30.3 Å². The van der Waals surface area contributed by atoms with Gasteiger partial charge >= 0.3 is 0 Å². The van der Waals surface area contributed by atoms with Gasteiger partial charge in [-0.3, -0.25) is 5.41 Å². The Bertz CT molecular complexity index is 338. The highest BCUT2D eigenvalue weighted by Crippen LogP contribution is 2.08. The molecule has 0 amide bonds. The predicted molar refractivity (Wildman–Crippen MR) is 71.1 cm³/mol. The van der Waals surface area contributed by atoms with Gasteiger partial charge in [0, 0.05) is 12.1 Å². The van der Waals surface area contributed by atoms with Gasteiger partial charge in [-0.2, -0.15) is 0 Å². The highest BCUT2D eigenvalue weighted by molar-refractivity contribution is 5.70. The molecule has 1 aromatic rings. The van der Waals surface area contributed by atoms with E-state index in [-0.39, 0.29) is 18.1 Å². The van der Waals surface area contributed by atoms with Crippen LogP contribution in [0, 0.1) is 5.41 Å². The maximum absolute atomic E-state index is 7.96. The summed E-state index contributed by atoms with van der Waals surface area (Å²) >= 11 is 0. The van der Waals surface area contributed by atoms with Crippen molar-refractivity contribution in [2.45, 2.75) is 46.4 Å². The first-order valence-electron chi connectivity index (χ1n) is 6.06.